The molecule has 1 aromatic heterocycles. The van der Waals surface area contributed by atoms with E-state index in [0.29, 0.717) is 19.6 Å². The number of furan rings is 1. The summed E-state index contributed by atoms with van der Waals surface area (Å²) < 4.78 is 11.0. The van der Waals surface area contributed by atoms with Gasteiger partial charge in [0.2, 0.25) is 0 Å². The average Bonchev–Trinajstić information content (AvgIpc) is 3.12. The summed E-state index contributed by atoms with van der Waals surface area (Å²) in [5.41, 5.74) is 0.294. The third-order valence-electron chi connectivity index (χ3n) is 4.23. The lowest BCUT2D eigenvalue weighted by Gasteiger charge is -2.29. The second-order valence-corrected chi connectivity index (χ2v) is 5.61. The van der Waals surface area contributed by atoms with E-state index in [1.807, 2.05) is 37.3 Å². The molecule has 21 heavy (non-hydrogen) atoms. The van der Waals surface area contributed by atoms with Crippen molar-refractivity contribution in [1.82, 2.24) is 5.32 Å². The summed E-state index contributed by atoms with van der Waals surface area (Å²) in [5, 5.41) is 14.1. The van der Waals surface area contributed by atoms with Crippen LogP contribution in [0.2, 0.25) is 0 Å². The van der Waals surface area contributed by atoms with Crippen LogP contribution < -0.4 is 5.32 Å². The second-order valence-electron chi connectivity index (χ2n) is 5.61. The molecular formula is C17H21NO3. The summed E-state index contributed by atoms with van der Waals surface area (Å²) in [5.74, 6) is 0.844. The van der Waals surface area contributed by atoms with Gasteiger partial charge in [-0.2, -0.15) is 0 Å². The van der Waals surface area contributed by atoms with Crippen molar-refractivity contribution in [2.75, 3.05) is 13.2 Å². The number of nitrogens with one attached hydrogen (secondary N) is 1. The molecule has 0 amide bonds. The largest absolute Gasteiger partial charge is 0.467 e. The Morgan fingerprint density at radius 3 is 2.71 bits per heavy atom. The van der Waals surface area contributed by atoms with Crippen LogP contribution in [-0.4, -0.2) is 30.0 Å². The molecule has 2 N–H and O–H groups in total. The maximum atomic E-state index is 10.6. The van der Waals surface area contributed by atoms with Gasteiger partial charge in [0.1, 0.15) is 11.4 Å². The fourth-order valence-electron chi connectivity index (χ4n) is 2.77. The van der Waals surface area contributed by atoms with E-state index in [1.165, 1.54) is 0 Å². The average molecular weight is 287 g/mol. The van der Waals surface area contributed by atoms with Gasteiger partial charge in [0.25, 0.3) is 0 Å². The molecule has 1 aromatic carbocycles. The Hall–Kier alpha value is -1.62. The van der Waals surface area contributed by atoms with Crippen molar-refractivity contribution in [2.24, 2.45) is 0 Å². The first-order chi connectivity index (χ1) is 10.2. The summed E-state index contributed by atoms with van der Waals surface area (Å²) >= 11 is 0. The molecule has 112 valence electrons. The smallest absolute Gasteiger partial charge is 0.125 e. The van der Waals surface area contributed by atoms with Crippen molar-refractivity contribution in [2.45, 2.75) is 31.1 Å². The Morgan fingerprint density at radius 2 is 2.10 bits per heavy atom. The summed E-state index contributed by atoms with van der Waals surface area (Å²) in [6.07, 6.45) is 2.17. The summed E-state index contributed by atoms with van der Waals surface area (Å²) in [4.78, 5) is 0. The topological polar surface area (TPSA) is 54.6 Å². The molecule has 3 unspecified atom stereocenters. The monoisotopic (exact) mass is 287 g/mol. The lowest BCUT2D eigenvalue weighted by Crippen LogP contribution is -2.46. The fraction of sp³-hybridized carbons (Fsp3) is 0.412. The fourth-order valence-corrected chi connectivity index (χ4v) is 2.77. The van der Waals surface area contributed by atoms with Crippen LogP contribution in [0.15, 0.2) is 53.1 Å². The van der Waals surface area contributed by atoms with E-state index >= 15 is 0 Å². The Balaban J connectivity index is 1.78. The SMILES string of the molecule is CC1OCCC1(O)CNC(c1ccccc1)c1ccco1. The number of rotatable bonds is 5. The van der Waals surface area contributed by atoms with Crippen molar-refractivity contribution in [3.8, 4) is 0 Å². The van der Waals surface area contributed by atoms with Crippen LogP contribution in [0.4, 0.5) is 0 Å². The molecule has 0 bridgehead atoms. The molecule has 3 rings (SSSR count). The van der Waals surface area contributed by atoms with Crippen molar-refractivity contribution in [1.29, 1.82) is 0 Å². The Kier molecular flexibility index (Phi) is 4.10. The molecule has 2 heterocycles. The van der Waals surface area contributed by atoms with Gasteiger partial charge in [-0.25, -0.2) is 0 Å². The third kappa shape index (κ3) is 3.02. The first-order valence-electron chi connectivity index (χ1n) is 7.35. The number of aliphatic hydroxyl groups is 1. The van der Waals surface area contributed by atoms with E-state index < -0.39 is 5.60 Å². The Labute approximate surface area is 124 Å². The molecule has 1 aliphatic rings. The molecule has 0 radical (unpaired) electrons. The van der Waals surface area contributed by atoms with Crippen molar-refractivity contribution in [3.63, 3.8) is 0 Å². The van der Waals surface area contributed by atoms with Crippen molar-refractivity contribution >= 4 is 0 Å². The van der Waals surface area contributed by atoms with Gasteiger partial charge < -0.3 is 19.6 Å². The predicted octanol–water partition coefficient (Wildman–Crippen LogP) is 2.50. The first kappa shape index (κ1) is 14.3. The van der Waals surface area contributed by atoms with Crippen LogP contribution >= 0.6 is 0 Å². The zero-order valence-corrected chi connectivity index (χ0v) is 12.2. The van der Waals surface area contributed by atoms with Crippen molar-refractivity contribution in [3.05, 3.63) is 60.1 Å². The van der Waals surface area contributed by atoms with E-state index in [-0.39, 0.29) is 12.1 Å². The number of hydrogen-bond donors (Lipinski definition) is 2. The maximum absolute atomic E-state index is 10.6. The van der Waals surface area contributed by atoms with E-state index in [9.17, 15) is 5.11 Å². The Bertz CT molecular complexity index is 555. The van der Waals surface area contributed by atoms with Crippen LogP contribution in [0.25, 0.3) is 0 Å². The molecule has 3 atom stereocenters. The summed E-state index contributed by atoms with van der Waals surface area (Å²) in [6, 6.07) is 13.9. The van der Waals surface area contributed by atoms with Crippen LogP contribution in [0, 0.1) is 0 Å². The van der Waals surface area contributed by atoms with Gasteiger partial charge in [0, 0.05) is 19.6 Å². The van der Waals surface area contributed by atoms with Crippen molar-refractivity contribution < 1.29 is 14.3 Å². The maximum Gasteiger partial charge on any atom is 0.125 e. The summed E-state index contributed by atoms with van der Waals surface area (Å²) in [6.45, 7) is 2.99. The molecule has 2 aromatic rings. The van der Waals surface area contributed by atoms with Crippen LogP contribution in [-0.2, 0) is 4.74 Å². The van der Waals surface area contributed by atoms with Crippen LogP contribution in [0.1, 0.15) is 30.7 Å². The highest BCUT2D eigenvalue weighted by atomic mass is 16.5. The molecule has 0 saturated carbocycles. The van der Waals surface area contributed by atoms with E-state index in [4.69, 9.17) is 9.15 Å². The zero-order chi connectivity index (χ0) is 14.7. The molecule has 1 fully saturated rings. The van der Waals surface area contributed by atoms with Gasteiger partial charge in [-0.3, -0.25) is 0 Å². The Morgan fingerprint density at radius 1 is 1.29 bits per heavy atom. The van der Waals surface area contributed by atoms with Gasteiger partial charge in [0.15, 0.2) is 0 Å². The van der Waals surface area contributed by atoms with Gasteiger partial charge in [0.05, 0.1) is 18.4 Å². The normalized spacial score (nSPS) is 26.9. The van der Waals surface area contributed by atoms with Gasteiger partial charge in [-0.05, 0) is 24.6 Å². The summed E-state index contributed by atoms with van der Waals surface area (Å²) in [7, 11) is 0. The van der Waals surface area contributed by atoms with E-state index in [1.54, 1.807) is 6.26 Å². The van der Waals surface area contributed by atoms with Gasteiger partial charge >= 0.3 is 0 Å². The minimum Gasteiger partial charge on any atom is -0.467 e. The molecule has 4 nitrogen and oxygen atoms in total. The highest BCUT2D eigenvalue weighted by Crippen LogP contribution is 2.28. The lowest BCUT2D eigenvalue weighted by molar-refractivity contribution is -0.0273. The highest BCUT2D eigenvalue weighted by molar-refractivity contribution is 5.26. The third-order valence-corrected chi connectivity index (χ3v) is 4.23. The number of hydrogen-bond acceptors (Lipinski definition) is 4. The number of ether oxygens (including phenoxy) is 1. The van der Waals surface area contributed by atoms with Gasteiger partial charge in [-0.15, -0.1) is 0 Å². The minimum absolute atomic E-state index is 0.0713. The van der Waals surface area contributed by atoms with Crippen LogP contribution in [0.3, 0.4) is 0 Å². The van der Waals surface area contributed by atoms with Gasteiger partial charge in [-0.1, -0.05) is 30.3 Å². The highest BCUT2D eigenvalue weighted by Gasteiger charge is 2.39. The lowest BCUT2D eigenvalue weighted by atomic mass is 9.95. The molecule has 1 aliphatic heterocycles. The molecule has 0 aliphatic carbocycles. The second kappa shape index (κ2) is 6.02. The molecular weight excluding hydrogens is 266 g/mol. The molecule has 1 saturated heterocycles. The quantitative estimate of drug-likeness (QED) is 0.887. The zero-order valence-electron chi connectivity index (χ0n) is 12.2. The first-order valence-corrected chi connectivity index (χ1v) is 7.35. The van der Waals surface area contributed by atoms with Crippen LogP contribution in [0.5, 0.6) is 0 Å². The van der Waals surface area contributed by atoms with E-state index in [2.05, 4.69) is 17.4 Å². The number of benzene rings is 1. The molecule has 4 heteroatoms. The standard InChI is InChI=1S/C17H21NO3/c1-13-17(19,9-11-20-13)12-18-16(15-8-5-10-21-15)14-6-3-2-4-7-14/h2-8,10,13,16,18-19H,9,11-12H2,1H3. The molecule has 0 spiro atoms. The van der Waals surface area contributed by atoms with E-state index in [0.717, 1.165) is 11.3 Å². The minimum atomic E-state index is -0.820. The predicted molar refractivity (Wildman–Crippen MR) is 80.0 cm³/mol.